The van der Waals surface area contributed by atoms with Crippen LogP contribution in [0.1, 0.15) is 21.6 Å². The smallest absolute Gasteiger partial charge is 0.263 e. The second-order valence-corrected chi connectivity index (χ2v) is 7.18. The minimum Gasteiger partial charge on any atom is -0.497 e. The molecule has 0 bridgehead atoms. The number of aromatic nitrogens is 2. The molecule has 0 aliphatic carbocycles. The molecule has 0 saturated carbocycles. The van der Waals surface area contributed by atoms with Gasteiger partial charge in [-0.1, -0.05) is 46.3 Å². The summed E-state index contributed by atoms with van der Waals surface area (Å²) in [6, 6.07) is 13.4. The molecule has 2 aromatic carbocycles. The Hall–Kier alpha value is -3.19. The Morgan fingerprint density at radius 2 is 1.93 bits per heavy atom. The van der Waals surface area contributed by atoms with E-state index in [1.54, 1.807) is 14.0 Å². The predicted molar refractivity (Wildman–Crippen MR) is 106 cm³/mol. The molecule has 6 nitrogen and oxygen atoms in total. The maximum Gasteiger partial charge on any atom is 0.263 e. The molecule has 1 N–H and O–H groups in total. The highest BCUT2D eigenvalue weighted by molar-refractivity contribution is 7.22. The first-order chi connectivity index (χ1) is 13.0. The van der Waals surface area contributed by atoms with Gasteiger partial charge in [0.25, 0.3) is 5.91 Å². The van der Waals surface area contributed by atoms with E-state index in [1.165, 1.54) is 11.3 Å². The molecule has 0 aliphatic rings. The first-order valence-electron chi connectivity index (χ1n) is 8.34. The molecule has 4 aromatic rings. The zero-order valence-electron chi connectivity index (χ0n) is 15.1. The molecule has 0 unspecified atom stereocenters. The number of aryl methyl sites for hydroxylation is 2. The van der Waals surface area contributed by atoms with Crippen molar-refractivity contribution < 1.29 is 14.1 Å². The quantitative estimate of drug-likeness (QED) is 0.549. The number of thiazole rings is 1. The van der Waals surface area contributed by atoms with E-state index >= 15 is 0 Å². The maximum absolute atomic E-state index is 12.9. The molecule has 2 aromatic heterocycles. The van der Waals surface area contributed by atoms with Gasteiger partial charge in [0.1, 0.15) is 11.3 Å². The number of fused-ring (bicyclic) bond motifs is 1. The van der Waals surface area contributed by atoms with Gasteiger partial charge in [-0.25, -0.2) is 4.98 Å². The third-order valence-corrected chi connectivity index (χ3v) is 5.15. The molecule has 7 heteroatoms. The molecular weight excluding hydrogens is 362 g/mol. The van der Waals surface area contributed by atoms with Gasteiger partial charge in [0.2, 0.25) is 0 Å². The third kappa shape index (κ3) is 3.29. The topological polar surface area (TPSA) is 77.2 Å². The van der Waals surface area contributed by atoms with Crippen molar-refractivity contribution in [3.05, 3.63) is 59.3 Å². The van der Waals surface area contributed by atoms with Crippen LogP contribution in [-0.4, -0.2) is 23.2 Å². The van der Waals surface area contributed by atoms with Gasteiger partial charge in [-0.05, 0) is 32.0 Å². The van der Waals surface area contributed by atoms with E-state index in [9.17, 15) is 4.79 Å². The zero-order chi connectivity index (χ0) is 19.0. The summed E-state index contributed by atoms with van der Waals surface area (Å²) in [7, 11) is 1.62. The van der Waals surface area contributed by atoms with Crippen LogP contribution >= 0.6 is 11.3 Å². The largest absolute Gasteiger partial charge is 0.497 e. The number of anilines is 1. The minimum absolute atomic E-state index is 0.296. The number of nitrogens with zero attached hydrogens (tertiary/aromatic N) is 2. The summed E-state index contributed by atoms with van der Waals surface area (Å²) >= 11 is 1.39. The molecule has 4 rings (SSSR count). The number of nitrogens with one attached hydrogen (secondary N) is 1. The normalized spacial score (nSPS) is 10.9. The number of rotatable bonds is 4. The highest BCUT2D eigenvalue weighted by atomic mass is 32.1. The lowest BCUT2D eigenvalue weighted by Crippen LogP contribution is -2.13. The van der Waals surface area contributed by atoms with E-state index in [1.807, 2.05) is 49.4 Å². The fourth-order valence-electron chi connectivity index (χ4n) is 2.78. The number of carbonyl (C=O) groups excluding carboxylic acids is 1. The molecule has 0 fully saturated rings. The number of amides is 1. The SMILES string of the molecule is COc1ccc2nc(NC(=O)c3c(C)noc3-c3ccc(C)cc3)sc2c1. The number of methoxy groups -OCH3 is 1. The maximum atomic E-state index is 12.9. The molecule has 2 heterocycles. The molecule has 27 heavy (non-hydrogen) atoms. The third-order valence-electron chi connectivity index (χ3n) is 4.22. The van der Waals surface area contributed by atoms with Gasteiger partial charge in [-0.3, -0.25) is 10.1 Å². The van der Waals surface area contributed by atoms with E-state index in [4.69, 9.17) is 9.26 Å². The number of carbonyl (C=O) groups is 1. The lowest BCUT2D eigenvalue weighted by Gasteiger charge is -2.03. The average Bonchev–Trinajstić information content (AvgIpc) is 3.24. The minimum atomic E-state index is -0.296. The summed E-state index contributed by atoms with van der Waals surface area (Å²) in [4.78, 5) is 17.3. The van der Waals surface area contributed by atoms with Crippen molar-refractivity contribution in [2.75, 3.05) is 12.4 Å². The lowest BCUT2D eigenvalue weighted by atomic mass is 10.1. The Labute approximate surface area is 159 Å². The highest BCUT2D eigenvalue weighted by Crippen LogP contribution is 2.31. The Bertz CT molecular complexity index is 1130. The van der Waals surface area contributed by atoms with E-state index in [2.05, 4.69) is 15.5 Å². The number of ether oxygens (including phenoxy) is 1. The predicted octanol–water partition coefficient (Wildman–Crippen LogP) is 4.83. The Kier molecular flexibility index (Phi) is 4.37. The van der Waals surface area contributed by atoms with E-state index in [0.29, 0.717) is 22.1 Å². The summed E-state index contributed by atoms with van der Waals surface area (Å²) < 4.78 is 11.6. The summed E-state index contributed by atoms with van der Waals surface area (Å²) in [5.74, 6) is 0.906. The van der Waals surface area contributed by atoms with Gasteiger partial charge in [0, 0.05) is 5.56 Å². The molecule has 0 saturated heterocycles. The van der Waals surface area contributed by atoms with Crippen molar-refractivity contribution in [1.82, 2.24) is 10.1 Å². The summed E-state index contributed by atoms with van der Waals surface area (Å²) in [6.07, 6.45) is 0. The summed E-state index contributed by atoms with van der Waals surface area (Å²) in [5, 5.41) is 7.35. The molecule has 0 radical (unpaired) electrons. The Morgan fingerprint density at radius 1 is 1.15 bits per heavy atom. The fourth-order valence-corrected chi connectivity index (χ4v) is 3.67. The van der Waals surface area contributed by atoms with Crippen LogP contribution < -0.4 is 10.1 Å². The van der Waals surface area contributed by atoms with Gasteiger partial charge in [0.15, 0.2) is 10.9 Å². The van der Waals surface area contributed by atoms with E-state index in [0.717, 1.165) is 27.1 Å². The second-order valence-electron chi connectivity index (χ2n) is 6.14. The van der Waals surface area contributed by atoms with Crippen molar-refractivity contribution in [1.29, 1.82) is 0 Å². The van der Waals surface area contributed by atoms with Crippen LogP contribution in [0.5, 0.6) is 5.75 Å². The van der Waals surface area contributed by atoms with Gasteiger partial charge >= 0.3 is 0 Å². The fraction of sp³-hybridized carbons (Fsp3) is 0.150. The number of hydrogen-bond donors (Lipinski definition) is 1. The number of hydrogen-bond acceptors (Lipinski definition) is 6. The first kappa shape index (κ1) is 17.2. The van der Waals surface area contributed by atoms with Crippen molar-refractivity contribution in [3.63, 3.8) is 0 Å². The van der Waals surface area contributed by atoms with Crippen molar-refractivity contribution in [2.24, 2.45) is 0 Å². The molecular formula is C20H17N3O3S. The van der Waals surface area contributed by atoms with Gasteiger partial charge in [0.05, 0.1) is 23.0 Å². The van der Waals surface area contributed by atoms with Crippen LogP contribution in [0.4, 0.5) is 5.13 Å². The van der Waals surface area contributed by atoms with Crippen molar-refractivity contribution in [2.45, 2.75) is 13.8 Å². The Balaban J connectivity index is 1.65. The first-order valence-corrected chi connectivity index (χ1v) is 9.16. The van der Waals surface area contributed by atoms with Crippen LogP contribution in [0.15, 0.2) is 47.0 Å². The highest BCUT2D eigenvalue weighted by Gasteiger charge is 2.22. The van der Waals surface area contributed by atoms with Crippen molar-refractivity contribution >= 4 is 32.6 Å². The molecule has 0 aliphatic heterocycles. The summed E-state index contributed by atoms with van der Waals surface area (Å²) in [5.41, 5.74) is 3.68. The van der Waals surface area contributed by atoms with Crippen LogP contribution in [0.3, 0.4) is 0 Å². The molecule has 1 amide bonds. The monoisotopic (exact) mass is 379 g/mol. The Morgan fingerprint density at radius 3 is 2.67 bits per heavy atom. The molecule has 0 spiro atoms. The van der Waals surface area contributed by atoms with Crippen molar-refractivity contribution in [3.8, 4) is 17.1 Å². The second kappa shape index (κ2) is 6.85. The van der Waals surface area contributed by atoms with Gasteiger partial charge < -0.3 is 9.26 Å². The molecule has 0 atom stereocenters. The van der Waals surface area contributed by atoms with Gasteiger partial charge in [-0.15, -0.1) is 0 Å². The number of benzene rings is 2. The van der Waals surface area contributed by atoms with E-state index in [-0.39, 0.29) is 5.91 Å². The summed E-state index contributed by atoms with van der Waals surface area (Å²) in [6.45, 7) is 3.75. The van der Waals surface area contributed by atoms with Crippen LogP contribution in [-0.2, 0) is 0 Å². The molecule has 136 valence electrons. The lowest BCUT2D eigenvalue weighted by molar-refractivity contribution is 0.102. The van der Waals surface area contributed by atoms with Crippen LogP contribution in [0, 0.1) is 13.8 Å². The van der Waals surface area contributed by atoms with Crippen LogP contribution in [0.25, 0.3) is 21.5 Å². The van der Waals surface area contributed by atoms with Gasteiger partial charge in [-0.2, -0.15) is 0 Å². The van der Waals surface area contributed by atoms with Crippen LogP contribution in [0.2, 0.25) is 0 Å². The average molecular weight is 379 g/mol. The standard InChI is InChI=1S/C20H17N3O3S/c1-11-4-6-13(7-5-11)18-17(12(2)23-26-18)19(24)22-20-21-15-9-8-14(25-3)10-16(15)27-20/h4-10H,1-3H3,(H,21,22,24). The zero-order valence-corrected chi connectivity index (χ0v) is 15.9. The van der Waals surface area contributed by atoms with E-state index < -0.39 is 0 Å².